The van der Waals surface area contributed by atoms with Crippen molar-refractivity contribution in [3.05, 3.63) is 34.9 Å². The second-order valence-corrected chi connectivity index (χ2v) is 6.21. The largest absolute Gasteiger partial charge is 0.381 e. The molecule has 1 atom stereocenters. The van der Waals surface area contributed by atoms with Crippen LogP contribution < -0.4 is 11.1 Å². The molecule has 0 aliphatic carbocycles. The molecule has 3 N–H and O–H groups in total. The molecule has 4 nitrogen and oxygen atoms in total. The van der Waals surface area contributed by atoms with Crippen LogP contribution in [0.4, 0.5) is 0 Å². The molecular formula is C17H26N2O2. The summed E-state index contributed by atoms with van der Waals surface area (Å²) in [6, 6.07) is 6.37. The monoisotopic (exact) mass is 290 g/mol. The van der Waals surface area contributed by atoms with Gasteiger partial charge < -0.3 is 15.8 Å². The van der Waals surface area contributed by atoms with Crippen molar-refractivity contribution in [2.75, 3.05) is 19.8 Å². The fourth-order valence-corrected chi connectivity index (χ4v) is 2.98. The summed E-state index contributed by atoms with van der Waals surface area (Å²) in [7, 11) is 0. The number of nitrogens with one attached hydrogen (secondary N) is 1. The summed E-state index contributed by atoms with van der Waals surface area (Å²) in [6.45, 7) is 7.78. The van der Waals surface area contributed by atoms with Crippen LogP contribution in [0.5, 0.6) is 0 Å². The highest BCUT2D eigenvalue weighted by Crippen LogP contribution is 2.30. The first-order valence-corrected chi connectivity index (χ1v) is 7.64. The summed E-state index contributed by atoms with van der Waals surface area (Å²) >= 11 is 0. The van der Waals surface area contributed by atoms with E-state index in [0.717, 1.165) is 5.56 Å². The highest BCUT2D eigenvalue weighted by molar-refractivity contribution is 5.83. The number of nitrogens with two attached hydrogens (primary N) is 1. The Labute approximate surface area is 127 Å². The number of hydrogen-bond donors (Lipinski definition) is 2. The van der Waals surface area contributed by atoms with Gasteiger partial charge in [-0.3, -0.25) is 4.79 Å². The van der Waals surface area contributed by atoms with E-state index >= 15 is 0 Å². The van der Waals surface area contributed by atoms with Gasteiger partial charge in [0.25, 0.3) is 0 Å². The minimum Gasteiger partial charge on any atom is -0.381 e. The minimum atomic E-state index is -0.467. The first kappa shape index (κ1) is 16.0. The van der Waals surface area contributed by atoms with Crippen molar-refractivity contribution < 1.29 is 9.53 Å². The lowest BCUT2D eigenvalue weighted by Crippen LogP contribution is -2.49. The summed E-state index contributed by atoms with van der Waals surface area (Å²) in [4.78, 5) is 12.7. The Hall–Kier alpha value is -1.39. The van der Waals surface area contributed by atoms with Crippen molar-refractivity contribution in [2.24, 2.45) is 11.1 Å². The van der Waals surface area contributed by atoms with E-state index in [9.17, 15) is 4.79 Å². The normalized spacial score (nSPS) is 19.0. The molecular weight excluding hydrogens is 264 g/mol. The van der Waals surface area contributed by atoms with Gasteiger partial charge in [-0.05, 0) is 39.2 Å². The zero-order valence-electron chi connectivity index (χ0n) is 13.2. The van der Waals surface area contributed by atoms with Crippen molar-refractivity contribution in [1.29, 1.82) is 0 Å². The third kappa shape index (κ3) is 3.63. The fourth-order valence-electron chi connectivity index (χ4n) is 2.98. The van der Waals surface area contributed by atoms with Crippen molar-refractivity contribution in [3.8, 4) is 0 Å². The van der Waals surface area contributed by atoms with Gasteiger partial charge in [-0.15, -0.1) is 0 Å². The molecule has 0 radical (unpaired) electrons. The van der Waals surface area contributed by atoms with Gasteiger partial charge in [-0.25, -0.2) is 0 Å². The van der Waals surface area contributed by atoms with Crippen LogP contribution >= 0.6 is 0 Å². The molecule has 1 aromatic carbocycles. The Morgan fingerprint density at radius 2 is 1.86 bits per heavy atom. The van der Waals surface area contributed by atoms with Crippen LogP contribution in [0, 0.1) is 19.3 Å². The molecule has 1 fully saturated rings. The van der Waals surface area contributed by atoms with Gasteiger partial charge in [-0.1, -0.05) is 29.3 Å². The van der Waals surface area contributed by atoms with Gasteiger partial charge in [0.15, 0.2) is 0 Å². The third-order valence-corrected chi connectivity index (χ3v) is 4.41. The molecule has 1 unspecified atom stereocenters. The lowest BCUT2D eigenvalue weighted by molar-refractivity contribution is -0.136. The SMILES string of the molecule is Cc1cc(C)cc(C(C)NC(=O)C2(CN)CCOCC2)c1. The average Bonchev–Trinajstić information content (AvgIpc) is 2.46. The topological polar surface area (TPSA) is 64.4 Å². The molecule has 1 aromatic rings. The standard InChI is InChI=1S/C17H26N2O2/c1-12-8-13(2)10-15(9-12)14(3)19-16(20)17(11-18)4-6-21-7-5-17/h8-10,14H,4-7,11,18H2,1-3H3,(H,19,20). The number of rotatable bonds is 4. The fraction of sp³-hybridized carbons (Fsp3) is 0.588. The number of carbonyl (C=O) groups excluding carboxylic acids is 1. The van der Waals surface area contributed by atoms with Gasteiger partial charge in [0.2, 0.25) is 5.91 Å². The first-order chi connectivity index (χ1) is 9.97. The van der Waals surface area contributed by atoms with Crippen molar-refractivity contribution >= 4 is 5.91 Å². The predicted molar refractivity (Wildman–Crippen MR) is 84.0 cm³/mol. The molecule has 0 saturated carbocycles. The molecule has 21 heavy (non-hydrogen) atoms. The van der Waals surface area contributed by atoms with E-state index in [1.54, 1.807) is 0 Å². The van der Waals surface area contributed by atoms with Crippen LogP contribution in [0.25, 0.3) is 0 Å². The zero-order chi connectivity index (χ0) is 15.5. The van der Waals surface area contributed by atoms with Crippen LogP contribution in [-0.2, 0) is 9.53 Å². The van der Waals surface area contributed by atoms with E-state index < -0.39 is 5.41 Å². The molecule has 1 saturated heterocycles. The van der Waals surface area contributed by atoms with E-state index in [1.807, 2.05) is 6.92 Å². The predicted octanol–water partition coefficient (Wildman–Crippen LogP) is 2.24. The van der Waals surface area contributed by atoms with E-state index in [0.29, 0.717) is 32.6 Å². The van der Waals surface area contributed by atoms with Gasteiger partial charge in [-0.2, -0.15) is 0 Å². The Morgan fingerprint density at radius 1 is 1.29 bits per heavy atom. The van der Waals surface area contributed by atoms with Crippen LogP contribution in [0.1, 0.15) is 42.5 Å². The van der Waals surface area contributed by atoms with E-state index in [-0.39, 0.29) is 11.9 Å². The maximum Gasteiger partial charge on any atom is 0.228 e. The lowest BCUT2D eigenvalue weighted by Gasteiger charge is -2.35. The number of ether oxygens (including phenoxy) is 1. The van der Waals surface area contributed by atoms with Crippen molar-refractivity contribution in [2.45, 2.75) is 39.7 Å². The molecule has 0 bridgehead atoms. The van der Waals surface area contributed by atoms with Crippen LogP contribution in [0.2, 0.25) is 0 Å². The molecule has 1 amide bonds. The Morgan fingerprint density at radius 3 is 2.38 bits per heavy atom. The van der Waals surface area contributed by atoms with E-state index in [1.165, 1.54) is 11.1 Å². The average molecular weight is 290 g/mol. The molecule has 1 aliphatic heterocycles. The molecule has 4 heteroatoms. The maximum absolute atomic E-state index is 12.7. The summed E-state index contributed by atoms with van der Waals surface area (Å²) < 4.78 is 5.36. The second-order valence-electron chi connectivity index (χ2n) is 6.21. The minimum absolute atomic E-state index is 0.0117. The third-order valence-electron chi connectivity index (χ3n) is 4.41. The molecule has 2 rings (SSSR count). The Kier molecular flexibility index (Phi) is 5.01. The van der Waals surface area contributed by atoms with Crippen LogP contribution in [0.15, 0.2) is 18.2 Å². The van der Waals surface area contributed by atoms with Gasteiger partial charge >= 0.3 is 0 Å². The number of hydrogen-bond acceptors (Lipinski definition) is 3. The molecule has 1 heterocycles. The maximum atomic E-state index is 12.7. The van der Waals surface area contributed by atoms with Crippen molar-refractivity contribution in [3.63, 3.8) is 0 Å². The van der Waals surface area contributed by atoms with Crippen LogP contribution in [-0.4, -0.2) is 25.7 Å². The van der Waals surface area contributed by atoms with Crippen LogP contribution in [0.3, 0.4) is 0 Å². The molecule has 116 valence electrons. The summed E-state index contributed by atoms with van der Waals surface area (Å²) in [5.74, 6) is 0.0555. The van der Waals surface area contributed by atoms with E-state index in [2.05, 4.69) is 37.4 Å². The van der Waals surface area contributed by atoms with Gasteiger partial charge in [0.05, 0.1) is 11.5 Å². The van der Waals surface area contributed by atoms with Gasteiger partial charge in [0.1, 0.15) is 0 Å². The van der Waals surface area contributed by atoms with E-state index in [4.69, 9.17) is 10.5 Å². The smallest absolute Gasteiger partial charge is 0.228 e. The number of benzene rings is 1. The number of amides is 1. The molecule has 0 spiro atoms. The summed E-state index contributed by atoms with van der Waals surface area (Å²) in [6.07, 6.45) is 1.41. The lowest BCUT2D eigenvalue weighted by atomic mass is 9.79. The highest BCUT2D eigenvalue weighted by Gasteiger charge is 2.39. The summed E-state index contributed by atoms with van der Waals surface area (Å²) in [5, 5.41) is 3.14. The molecule has 0 aromatic heterocycles. The Balaban J connectivity index is 2.10. The number of aryl methyl sites for hydroxylation is 2. The van der Waals surface area contributed by atoms with Gasteiger partial charge in [0, 0.05) is 19.8 Å². The number of carbonyl (C=O) groups is 1. The molecule has 1 aliphatic rings. The zero-order valence-corrected chi connectivity index (χ0v) is 13.2. The van der Waals surface area contributed by atoms with Crippen molar-refractivity contribution in [1.82, 2.24) is 5.32 Å². The highest BCUT2D eigenvalue weighted by atomic mass is 16.5. The first-order valence-electron chi connectivity index (χ1n) is 7.64. The second kappa shape index (κ2) is 6.58. The Bertz CT molecular complexity index is 487. The summed E-state index contributed by atoms with van der Waals surface area (Å²) in [5.41, 5.74) is 8.98. The quantitative estimate of drug-likeness (QED) is 0.894.